The van der Waals surface area contributed by atoms with Crippen molar-refractivity contribution in [3.05, 3.63) is 44.7 Å². The number of benzene rings is 1. The van der Waals surface area contributed by atoms with Crippen LogP contribution in [0.15, 0.2) is 33.5 Å². The number of hydrogen-bond donors (Lipinski definition) is 2. The van der Waals surface area contributed by atoms with Gasteiger partial charge >= 0.3 is 188 Å². The molecule has 3 heterocycles. The maximum atomic E-state index is 11.6. The van der Waals surface area contributed by atoms with Gasteiger partial charge in [0.1, 0.15) is 0 Å². The molecule has 0 atom stereocenters. The molecule has 160 valence electrons. The monoisotopic (exact) mass is 557 g/mol. The molecule has 1 aliphatic rings. The first-order chi connectivity index (χ1) is 13.9. The predicted molar refractivity (Wildman–Crippen MR) is 114 cm³/mol. The van der Waals surface area contributed by atoms with Crippen molar-refractivity contribution in [2.24, 2.45) is 0 Å². The summed E-state index contributed by atoms with van der Waals surface area (Å²) in [6.45, 7) is 1.75. The van der Waals surface area contributed by atoms with Crippen LogP contribution in [0.4, 0.5) is 5.69 Å². The summed E-state index contributed by atoms with van der Waals surface area (Å²) in [7, 11) is -8.71. The first kappa shape index (κ1) is 21.8. The van der Waals surface area contributed by atoms with Gasteiger partial charge in [-0.15, -0.1) is 0 Å². The summed E-state index contributed by atoms with van der Waals surface area (Å²) in [5.74, 6) is -1.36. The van der Waals surface area contributed by atoms with E-state index >= 15 is 0 Å². The fourth-order valence-corrected chi connectivity index (χ4v) is 8.21. The first-order valence-electron chi connectivity index (χ1n) is 8.19. The second-order valence-electron chi connectivity index (χ2n) is 6.47. The summed E-state index contributed by atoms with van der Waals surface area (Å²) >= 11 is 6.89. The Bertz CT molecular complexity index is 1410. The number of hydrogen-bond acceptors (Lipinski definition) is 7. The molecule has 9 nitrogen and oxygen atoms in total. The van der Waals surface area contributed by atoms with Crippen LogP contribution in [0.5, 0.6) is 0 Å². The number of aromatic nitrogens is 1. The van der Waals surface area contributed by atoms with Crippen molar-refractivity contribution in [3.8, 4) is 0 Å². The van der Waals surface area contributed by atoms with Gasteiger partial charge in [-0.3, -0.25) is 0 Å². The number of halogens is 1. The third-order valence-corrected chi connectivity index (χ3v) is 8.93. The number of nitrogens with zero attached hydrogens (tertiary/aromatic N) is 2. The molecule has 1 aliphatic heterocycles. The van der Waals surface area contributed by atoms with E-state index in [-0.39, 0.29) is 15.0 Å². The molecule has 4 rings (SSSR count). The Hall–Kier alpha value is -1.44. The Morgan fingerprint density at radius 1 is 1.27 bits per heavy atom. The van der Waals surface area contributed by atoms with Gasteiger partial charge in [0.2, 0.25) is 0 Å². The molecule has 0 fully saturated rings. The Morgan fingerprint density at radius 2 is 2.00 bits per heavy atom. The normalized spacial score (nSPS) is 16.0. The van der Waals surface area contributed by atoms with Gasteiger partial charge in [0.15, 0.2) is 0 Å². The zero-order valence-corrected chi connectivity index (χ0v) is 20.1. The Kier molecular flexibility index (Phi) is 5.52. The van der Waals surface area contributed by atoms with Crippen LogP contribution in [0.1, 0.15) is 10.6 Å². The Labute approximate surface area is 187 Å². The van der Waals surface area contributed by atoms with Crippen LogP contribution in [-0.2, 0) is 26.1 Å². The maximum absolute atomic E-state index is 11.6. The molecule has 0 unspecified atom stereocenters. The molecule has 0 aliphatic carbocycles. The molecule has 0 saturated heterocycles. The van der Waals surface area contributed by atoms with Crippen LogP contribution in [0, 0.1) is 6.92 Å². The van der Waals surface area contributed by atoms with Crippen LogP contribution >= 0.6 is 22.9 Å². The standard InChI is InChI=1S/C16H13ClN2O7S3Se/c1-9-6-26-16-15(9)19(8-29(23,24)25)13(27-16)5-14-18(7-28(20,21)22)11-4-10(17)2-3-12(11)30-14/h2-6H,7-8H2,1H3,(H-,20,21,22,23,24,25)/p+1. The van der Waals surface area contributed by atoms with E-state index in [1.165, 1.54) is 15.7 Å². The van der Waals surface area contributed by atoms with Gasteiger partial charge in [-0.1, -0.05) is 0 Å². The van der Waals surface area contributed by atoms with Gasteiger partial charge < -0.3 is 0 Å². The van der Waals surface area contributed by atoms with Gasteiger partial charge in [0.25, 0.3) is 0 Å². The molecule has 0 spiro atoms. The average molecular weight is 557 g/mol. The number of rotatable bonds is 5. The van der Waals surface area contributed by atoms with Gasteiger partial charge in [0, 0.05) is 0 Å². The molecule has 14 heteroatoms. The van der Waals surface area contributed by atoms with Crippen molar-refractivity contribution in [1.82, 2.24) is 0 Å². The van der Waals surface area contributed by atoms with E-state index in [9.17, 15) is 25.9 Å². The predicted octanol–water partition coefficient (Wildman–Crippen LogP) is 1.58. The van der Waals surface area contributed by atoms with Crippen molar-refractivity contribution < 1.29 is 34.9 Å². The van der Waals surface area contributed by atoms with Crippen molar-refractivity contribution >= 4 is 84.8 Å². The number of furan rings is 1. The van der Waals surface area contributed by atoms with Crippen LogP contribution in [-0.4, -0.2) is 46.8 Å². The van der Waals surface area contributed by atoms with Crippen molar-refractivity contribution in [1.29, 1.82) is 0 Å². The molecule has 2 aromatic heterocycles. The fraction of sp³-hybridized carbons (Fsp3) is 0.188. The van der Waals surface area contributed by atoms with E-state index in [2.05, 4.69) is 0 Å². The van der Waals surface area contributed by atoms with E-state index in [0.717, 1.165) is 15.8 Å². The molecule has 0 amide bonds. The number of anilines is 1. The van der Waals surface area contributed by atoms with E-state index in [1.54, 1.807) is 31.2 Å². The third-order valence-electron chi connectivity index (χ3n) is 4.17. The zero-order chi connectivity index (χ0) is 21.8. The molecule has 3 aromatic rings. The van der Waals surface area contributed by atoms with Gasteiger partial charge in [-0.25, -0.2) is 0 Å². The second-order valence-corrected chi connectivity index (χ2v) is 13.0. The summed E-state index contributed by atoms with van der Waals surface area (Å²) in [5.41, 5.74) is 1.78. The fourth-order valence-electron chi connectivity index (χ4n) is 3.05. The Balaban J connectivity index is 1.88. The SMILES string of the molecule is Cc1coc2sc(C=C3[Se]c4ccc(Cl)cc4N3CS(=O)(=O)O)[n+](CS(=O)(=O)O)c12. The minimum absolute atomic E-state index is 0.333. The molecule has 0 saturated carbocycles. The summed E-state index contributed by atoms with van der Waals surface area (Å²) < 4.78 is 73.5. The quantitative estimate of drug-likeness (QED) is 0.275. The summed E-state index contributed by atoms with van der Waals surface area (Å²) in [5, 5.41) is 0.859. The van der Waals surface area contributed by atoms with Crippen LogP contribution < -0.4 is 13.9 Å². The molecular weight excluding hydrogens is 543 g/mol. The topological polar surface area (TPSA) is 129 Å². The van der Waals surface area contributed by atoms with Crippen LogP contribution in [0.2, 0.25) is 5.02 Å². The molecule has 1 aromatic carbocycles. The molecular formula is C16H14ClN2O7S3Se+. The van der Waals surface area contributed by atoms with Gasteiger partial charge in [-0.2, -0.15) is 0 Å². The number of thiazole rings is 1. The van der Waals surface area contributed by atoms with E-state index in [4.69, 9.17) is 16.0 Å². The van der Waals surface area contributed by atoms with E-state index in [1.807, 2.05) is 0 Å². The molecule has 2 N–H and O–H groups in total. The van der Waals surface area contributed by atoms with Crippen LogP contribution in [0.25, 0.3) is 16.5 Å². The summed E-state index contributed by atoms with van der Waals surface area (Å²) in [6, 6.07) is 5.09. The number of aryl methyl sites for hydroxylation is 1. The number of fused-ring (bicyclic) bond motifs is 2. The molecule has 0 bridgehead atoms. The minimum atomic E-state index is -4.35. The van der Waals surface area contributed by atoms with Crippen molar-refractivity contribution in [2.45, 2.75) is 12.8 Å². The van der Waals surface area contributed by atoms with Crippen molar-refractivity contribution in [3.63, 3.8) is 0 Å². The summed E-state index contributed by atoms with van der Waals surface area (Å²) in [4.78, 5) is 1.90. The molecule has 30 heavy (non-hydrogen) atoms. The molecule has 0 radical (unpaired) electrons. The van der Waals surface area contributed by atoms with Gasteiger partial charge in [-0.05, 0) is 0 Å². The second kappa shape index (κ2) is 7.61. The zero-order valence-electron chi connectivity index (χ0n) is 15.1. The van der Waals surface area contributed by atoms with Crippen LogP contribution in [0.3, 0.4) is 0 Å². The Morgan fingerprint density at radius 3 is 2.67 bits per heavy atom. The third kappa shape index (κ3) is 4.43. The average Bonchev–Trinajstić information content (AvgIpc) is 3.22. The van der Waals surface area contributed by atoms with E-state index < -0.39 is 32.0 Å². The summed E-state index contributed by atoms with van der Waals surface area (Å²) in [6.07, 6.45) is 3.13. The van der Waals surface area contributed by atoms with E-state index in [0.29, 0.717) is 36.3 Å². The first-order valence-corrected chi connectivity index (χ1v) is 14.3. The van der Waals surface area contributed by atoms with Crippen molar-refractivity contribution in [2.75, 3.05) is 10.8 Å². The van der Waals surface area contributed by atoms with Gasteiger partial charge in [0.05, 0.1) is 0 Å².